The van der Waals surface area contributed by atoms with Gasteiger partial charge in [-0.1, -0.05) is 6.92 Å². The van der Waals surface area contributed by atoms with Crippen LogP contribution < -0.4 is 0 Å². The summed E-state index contributed by atoms with van der Waals surface area (Å²) in [6.45, 7) is 5.74. The first-order chi connectivity index (χ1) is 5.85. The second-order valence-corrected chi connectivity index (χ2v) is 2.79. The Morgan fingerprint density at radius 3 is 2.58 bits per heavy atom. The van der Waals surface area contributed by atoms with Crippen LogP contribution >= 0.6 is 0 Å². The average molecular weight is 173 g/mol. The zero-order chi connectivity index (χ0) is 9.23. The van der Waals surface area contributed by atoms with Gasteiger partial charge in [0.05, 0.1) is 6.10 Å². The summed E-state index contributed by atoms with van der Waals surface area (Å²) in [4.78, 5) is 0. The SMILES string of the molecule is CCOC[CH]CCC(CC)OC. The first kappa shape index (κ1) is 11.9. The first-order valence-electron chi connectivity index (χ1n) is 4.77. The van der Waals surface area contributed by atoms with Gasteiger partial charge in [0.1, 0.15) is 0 Å². The summed E-state index contributed by atoms with van der Waals surface area (Å²) in [7, 11) is 1.77. The van der Waals surface area contributed by atoms with E-state index in [1.165, 1.54) is 0 Å². The molecule has 73 valence electrons. The molecule has 0 fully saturated rings. The van der Waals surface area contributed by atoms with Crippen LogP contribution in [0.1, 0.15) is 33.1 Å². The van der Waals surface area contributed by atoms with Crippen molar-refractivity contribution in [1.82, 2.24) is 0 Å². The number of ether oxygens (including phenoxy) is 2. The Balaban J connectivity index is 3.06. The van der Waals surface area contributed by atoms with Crippen LogP contribution in [0.25, 0.3) is 0 Å². The smallest absolute Gasteiger partial charge is 0.0568 e. The van der Waals surface area contributed by atoms with Gasteiger partial charge < -0.3 is 9.47 Å². The van der Waals surface area contributed by atoms with Crippen molar-refractivity contribution in [2.75, 3.05) is 20.3 Å². The number of unbranched alkanes of at least 4 members (excludes halogenated alkanes) is 1. The Hall–Kier alpha value is -0.0800. The van der Waals surface area contributed by atoms with E-state index in [2.05, 4.69) is 13.3 Å². The van der Waals surface area contributed by atoms with Gasteiger partial charge in [-0.3, -0.25) is 0 Å². The zero-order valence-corrected chi connectivity index (χ0v) is 8.51. The van der Waals surface area contributed by atoms with E-state index in [0.29, 0.717) is 6.10 Å². The molecule has 0 N–H and O–H groups in total. The predicted molar refractivity (Wildman–Crippen MR) is 51.1 cm³/mol. The van der Waals surface area contributed by atoms with E-state index in [9.17, 15) is 0 Å². The van der Waals surface area contributed by atoms with Crippen molar-refractivity contribution in [3.05, 3.63) is 6.42 Å². The lowest BCUT2D eigenvalue weighted by Gasteiger charge is -2.11. The molecule has 0 aromatic heterocycles. The fourth-order valence-electron chi connectivity index (χ4n) is 1.08. The molecule has 0 rings (SSSR count). The number of methoxy groups -OCH3 is 1. The Bertz CT molecular complexity index is 79.9. The van der Waals surface area contributed by atoms with Crippen molar-refractivity contribution in [2.24, 2.45) is 0 Å². The van der Waals surface area contributed by atoms with E-state index in [1.807, 2.05) is 6.92 Å². The summed E-state index contributed by atoms with van der Waals surface area (Å²) in [5, 5.41) is 0. The van der Waals surface area contributed by atoms with Gasteiger partial charge in [0.2, 0.25) is 0 Å². The van der Waals surface area contributed by atoms with E-state index in [-0.39, 0.29) is 0 Å². The second-order valence-electron chi connectivity index (χ2n) is 2.79. The van der Waals surface area contributed by atoms with E-state index in [1.54, 1.807) is 7.11 Å². The summed E-state index contributed by atoms with van der Waals surface area (Å²) in [6.07, 6.45) is 5.89. The van der Waals surface area contributed by atoms with Crippen LogP contribution in [0.5, 0.6) is 0 Å². The lowest BCUT2D eigenvalue weighted by Crippen LogP contribution is -2.09. The predicted octanol–water partition coefficient (Wildman–Crippen LogP) is 2.43. The van der Waals surface area contributed by atoms with Gasteiger partial charge in [-0.25, -0.2) is 0 Å². The third-order valence-electron chi connectivity index (χ3n) is 1.92. The minimum atomic E-state index is 0.419. The summed E-state index contributed by atoms with van der Waals surface area (Å²) >= 11 is 0. The van der Waals surface area contributed by atoms with E-state index in [0.717, 1.165) is 32.5 Å². The van der Waals surface area contributed by atoms with E-state index in [4.69, 9.17) is 9.47 Å². The van der Waals surface area contributed by atoms with Crippen molar-refractivity contribution < 1.29 is 9.47 Å². The standard InChI is InChI=1S/C10H21O2/c1-4-10(11-3)8-6-7-9-12-5-2/h7,10H,4-6,8-9H2,1-3H3. The van der Waals surface area contributed by atoms with Crippen molar-refractivity contribution in [2.45, 2.75) is 39.2 Å². The van der Waals surface area contributed by atoms with Crippen LogP contribution in [0.4, 0.5) is 0 Å². The van der Waals surface area contributed by atoms with Gasteiger partial charge in [0.15, 0.2) is 0 Å². The van der Waals surface area contributed by atoms with Crippen LogP contribution in [0.2, 0.25) is 0 Å². The molecule has 12 heavy (non-hydrogen) atoms. The molecule has 2 nitrogen and oxygen atoms in total. The molecule has 1 unspecified atom stereocenters. The van der Waals surface area contributed by atoms with E-state index < -0.39 is 0 Å². The zero-order valence-electron chi connectivity index (χ0n) is 8.51. The Morgan fingerprint density at radius 1 is 1.33 bits per heavy atom. The molecule has 1 atom stereocenters. The van der Waals surface area contributed by atoms with Gasteiger partial charge >= 0.3 is 0 Å². The van der Waals surface area contributed by atoms with Crippen LogP contribution in [-0.4, -0.2) is 26.4 Å². The molecular weight excluding hydrogens is 152 g/mol. The molecule has 0 aromatic rings. The molecule has 0 saturated carbocycles. The molecule has 0 amide bonds. The highest BCUT2D eigenvalue weighted by atomic mass is 16.5. The van der Waals surface area contributed by atoms with Crippen molar-refractivity contribution >= 4 is 0 Å². The molecule has 0 aromatic carbocycles. The number of hydrogen-bond donors (Lipinski definition) is 0. The number of hydrogen-bond acceptors (Lipinski definition) is 2. The normalized spacial score (nSPS) is 13.2. The molecule has 0 aliphatic rings. The highest BCUT2D eigenvalue weighted by Crippen LogP contribution is 2.06. The van der Waals surface area contributed by atoms with Crippen molar-refractivity contribution in [3.8, 4) is 0 Å². The summed E-state index contributed by atoms with van der Waals surface area (Å²) in [5.41, 5.74) is 0. The summed E-state index contributed by atoms with van der Waals surface area (Å²) < 4.78 is 10.4. The van der Waals surface area contributed by atoms with E-state index >= 15 is 0 Å². The average Bonchev–Trinajstić information content (AvgIpc) is 2.11. The molecule has 0 heterocycles. The Labute approximate surface area is 76.3 Å². The molecule has 0 aliphatic heterocycles. The highest BCUT2D eigenvalue weighted by molar-refractivity contribution is 4.66. The second kappa shape index (κ2) is 9.01. The summed E-state index contributed by atoms with van der Waals surface area (Å²) in [6, 6.07) is 0. The molecule has 0 saturated heterocycles. The van der Waals surface area contributed by atoms with Gasteiger partial charge in [-0.05, 0) is 32.6 Å². The molecule has 1 radical (unpaired) electrons. The fraction of sp³-hybridized carbons (Fsp3) is 0.900. The van der Waals surface area contributed by atoms with Crippen LogP contribution in [0, 0.1) is 6.42 Å². The lowest BCUT2D eigenvalue weighted by atomic mass is 10.1. The third-order valence-corrected chi connectivity index (χ3v) is 1.92. The largest absolute Gasteiger partial charge is 0.381 e. The Kier molecular flexibility index (Phi) is 8.95. The van der Waals surface area contributed by atoms with Crippen molar-refractivity contribution in [3.63, 3.8) is 0 Å². The minimum absolute atomic E-state index is 0.419. The monoisotopic (exact) mass is 173 g/mol. The quantitative estimate of drug-likeness (QED) is 0.525. The molecule has 0 bridgehead atoms. The van der Waals surface area contributed by atoms with Crippen LogP contribution in [0.15, 0.2) is 0 Å². The van der Waals surface area contributed by atoms with Gasteiger partial charge in [0, 0.05) is 20.3 Å². The lowest BCUT2D eigenvalue weighted by molar-refractivity contribution is 0.0901. The maximum absolute atomic E-state index is 5.25. The van der Waals surface area contributed by atoms with Gasteiger partial charge in [-0.2, -0.15) is 0 Å². The van der Waals surface area contributed by atoms with Crippen LogP contribution in [0.3, 0.4) is 0 Å². The van der Waals surface area contributed by atoms with Gasteiger partial charge in [0.25, 0.3) is 0 Å². The minimum Gasteiger partial charge on any atom is -0.381 e. The fourth-order valence-corrected chi connectivity index (χ4v) is 1.08. The third kappa shape index (κ3) is 6.62. The molecular formula is C10H21O2. The maximum Gasteiger partial charge on any atom is 0.0568 e. The summed E-state index contributed by atoms with van der Waals surface area (Å²) in [5.74, 6) is 0. The maximum atomic E-state index is 5.25. The van der Waals surface area contributed by atoms with Crippen LogP contribution in [-0.2, 0) is 9.47 Å². The van der Waals surface area contributed by atoms with Gasteiger partial charge in [-0.15, -0.1) is 0 Å². The topological polar surface area (TPSA) is 18.5 Å². The molecule has 0 spiro atoms. The molecule has 0 aliphatic carbocycles. The molecule has 2 heteroatoms. The van der Waals surface area contributed by atoms with Crippen molar-refractivity contribution in [1.29, 1.82) is 0 Å². The highest BCUT2D eigenvalue weighted by Gasteiger charge is 2.02. The Morgan fingerprint density at radius 2 is 2.08 bits per heavy atom. The number of rotatable bonds is 8. The first-order valence-corrected chi connectivity index (χ1v) is 4.77.